The molecule has 0 spiro atoms. The molecule has 1 amide bonds. The molecule has 1 saturated heterocycles. The van der Waals surface area contributed by atoms with Gasteiger partial charge in [-0.05, 0) is 13.0 Å². The molecule has 7 heteroatoms. The van der Waals surface area contributed by atoms with Crippen LogP contribution in [0.1, 0.15) is 17.3 Å². The first-order valence-corrected chi connectivity index (χ1v) is 6.74. The van der Waals surface area contributed by atoms with Crippen LogP contribution in [-0.2, 0) is 16.6 Å². The van der Waals surface area contributed by atoms with Crippen LogP contribution in [0, 0.1) is 5.92 Å². The lowest BCUT2D eigenvalue weighted by atomic mass is 10.0. The van der Waals surface area contributed by atoms with E-state index in [4.69, 9.17) is 4.74 Å². The number of nitrogens with zero attached hydrogens (tertiary/aromatic N) is 2. The lowest BCUT2D eigenvalue weighted by molar-refractivity contribution is -0.142. The monoisotopic (exact) mass is 294 g/mol. The van der Waals surface area contributed by atoms with E-state index in [1.165, 1.54) is 21.7 Å². The number of aromatic nitrogens is 1. The molecule has 0 aliphatic carbocycles. The van der Waals surface area contributed by atoms with Crippen LogP contribution in [0.3, 0.4) is 0 Å². The van der Waals surface area contributed by atoms with E-state index in [1.807, 2.05) is 0 Å². The Balaban J connectivity index is 2.28. The van der Waals surface area contributed by atoms with E-state index in [2.05, 4.69) is 0 Å². The van der Waals surface area contributed by atoms with Crippen molar-refractivity contribution in [2.75, 3.05) is 19.8 Å². The molecule has 1 aliphatic rings. The minimum atomic E-state index is -0.979. The largest absolute Gasteiger partial charge is 0.481 e. The number of carboxylic acids is 1. The number of rotatable bonds is 4. The first-order chi connectivity index (χ1) is 9.95. The molecular formula is C14H18N2O5. The van der Waals surface area contributed by atoms with Crippen LogP contribution in [0.15, 0.2) is 23.1 Å². The van der Waals surface area contributed by atoms with Crippen molar-refractivity contribution in [3.05, 3.63) is 34.2 Å². The highest BCUT2D eigenvalue weighted by Gasteiger charge is 2.39. The minimum Gasteiger partial charge on any atom is -0.481 e. The summed E-state index contributed by atoms with van der Waals surface area (Å²) in [5.74, 6) is -2.06. The Labute approximate surface area is 121 Å². The molecule has 1 fully saturated rings. The van der Waals surface area contributed by atoms with Gasteiger partial charge in [-0.15, -0.1) is 0 Å². The highest BCUT2D eigenvalue weighted by Crippen LogP contribution is 2.21. The van der Waals surface area contributed by atoms with E-state index in [-0.39, 0.29) is 30.2 Å². The number of carbonyl (C=O) groups excluding carboxylic acids is 1. The number of ether oxygens (including phenoxy) is 1. The number of carboxylic acid groups (broad SMARTS) is 1. The first-order valence-electron chi connectivity index (χ1n) is 6.74. The second kappa shape index (κ2) is 6.09. The zero-order chi connectivity index (χ0) is 15.6. The first kappa shape index (κ1) is 15.2. The highest BCUT2D eigenvalue weighted by molar-refractivity contribution is 5.94. The van der Waals surface area contributed by atoms with Crippen LogP contribution in [0.5, 0.6) is 0 Å². The quantitative estimate of drug-likeness (QED) is 0.841. The Bertz CT molecular complexity index is 610. The molecule has 0 radical (unpaired) electrons. The summed E-state index contributed by atoms with van der Waals surface area (Å²) < 4.78 is 6.57. The van der Waals surface area contributed by atoms with E-state index in [0.717, 1.165) is 0 Å². The molecule has 0 aromatic carbocycles. The number of carbonyl (C=O) groups is 2. The summed E-state index contributed by atoms with van der Waals surface area (Å²) in [5, 5.41) is 9.19. The third-order valence-electron chi connectivity index (χ3n) is 3.72. The van der Waals surface area contributed by atoms with Gasteiger partial charge in [0, 0.05) is 31.4 Å². The number of amides is 1. The van der Waals surface area contributed by atoms with Crippen LogP contribution in [0.25, 0.3) is 0 Å². The number of hydrogen-bond donors (Lipinski definition) is 1. The molecule has 0 saturated carbocycles. The predicted octanol–water partition coefficient (Wildman–Crippen LogP) is -0.0530. The van der Waals surface area contributed by atoms with Crippen molar-refractivity contribution in [2.45, 2.75) is 13.0 Å². The van der Waals surface area contributed by atoms with Gasteiger partial charge < -0.3 is 19.3 Å². The fraction of sp³-hybridized carbons (Fsp3) is 0.500. The van der Waals surface area contributed by atoms with E-state index >= 15 is 0 Å². The third kappa shape index (κ3) is 2.97. The van der Waals surface area contributed by atoms with Crippen molar-refractivity contribution < 1.29 is 19.4 Å². The molecule has 1 aromatic rings. The van der Waals surface area contributed by atoms with Crippen molar-refractivity contribution >= 4 is 11.9 Å². The highest BCUT2D eigenvalue weighted by atomic mass is 16.5. The SMILES string of the molecule is CCN(C(=O)c1ccn(C)c(=O)c1)C1COCC1C(=O)O. The van der Waals surface area contributed by atoms with Gasteiger partial charge >= 0.3 is 5.97 Å². The van der Waals surface area contributed by atoms with Crippen LogP contribution in [0.2, 0.25) is 0 Å². The maximum absolute atomic E-state index is 12.5. The van der Waals surface area contributed by atoms with Gasteiger partial charge in [-0.25, -0.2) is 0 Å². The number of aliphatic carboxylic acids is 1. The lowest BCUT2D eigenvalue weighted by Crippen LogP contribution is -2.46. The summed E-state index contributed by atoms with van der Waals surface area (Å²) in [6.07, 6.45) is 1.52. The Hall–Kier alpha value is -2.15. The van der Waals surface area contributed by atoms with Crippen molar-refractivity contribution in [3.8, 4) is 0 Å². The Kier molecular flexibility index (Phi) is 4.42. The number of aryl methyl sites for hydroxylation is 1. The van der Waals surface area contributed by atoms with Crippen molar-refractivity contribution in [1.29, 1.82) is 0 Å². The van der Waals surface area contributed by atoms with Crippen molar-refractivity contribution in [3.63, 3.8) is 0 Å². The molecule has 2 rings (SSSR count). The summed E-state index contributed by atoms with van der Waals surface area (Å²) in [6, 6.07) is 2.30. The fourth-order valence-corrected chi connectivity index (χ4v) is 2.46. The Morgan fingerprint density at radius 2 is 2.19 bits per heavy atom. The molecule has 114 valence electrons. The molecule has 1 N–H and O–H groups in total. The Morgan fingerprint density at radius 1 is 1.48 bits per heavy atom. The maximum Gasteiger partial charge on any atom is 0.311 e. The zero-order valence-corrected chi connectivity index (χ0v) is 12.0. The van der Waals surface area contributed by atoms with Crippen LogP contribution in [-0.4, -0.2) is 52.3 Å². The minimum absolute atomic E-state index is 0.0976. The second-order valence-electron chi connectivity index (χ2n) is 5.01. The van der Waals surface area contributed by atoms with E-state index in [1.54, 1.807) is 20.0 Å². The van der Waals surface area contributed by atoms with E-state index in [9.17, 15) is 19.5 Å². The predicted molar refractivity (Wildman–Crippen MR) is 74.1 cm³/mol. The normalized spacial score (nSPS) is 21.2. The molecule has 2 heterocycles. The second-order valence-corrected chi connectivity index (χ2v) is 5.01. The Morgan fingerprint density at radius 3 is 2.76 bits per heavy atom. The smallest absolute Gasteiger partial charge is 0.311 e. The summed E-state index contributed by atoms with van der Waals surface area (Å²) >= 11 is 0. The van der Waals surface area contributed by atoms with Gasteiger partial charge in [0.2, 0.25) is 0 Å². The van der Waals surface area contributed by atoms with Crippen LogP contribution >= 0.6 is 0 Å². The number of pyridine rings is 1. The molecular weight excluding hydrogens is 276 g/mol. The van der Waals surface area contributed by atoms with E-state index in [0.29, 0.717) is 6.54 Å². The summed E-state index contributed by atoms with van der Waals surface area (Å²) in [7, 11) is 1.60. The van der Waals surface area contributed by atoms with Gasteiger partial charge in [0.05, 0.1) is 19.3 Å². The van der Waals surface area contributed by atoms with Crippen molar-refractivity contribution in [2.24, 2.45) is 13.0 Å². The molecule has 2 unspecified atom stereocenters. The maximum atomic E-state index is 12.5. The molecule has 1 aliphatic heterocycles. The number of hydrogen-bond acceptors (Lipinski definition) is 4. The summed E-state index contributed by atoms with van der Waals surface area (Å²) in [4.78, 5) is 36.8. The summed E-state index contributed by atoms with van der Waals surface area (Å²) in [6.45, 7) is 2.42. The average Bonchev–Trinajstić information content (AvgIpc) is 2.92. The average molecular weight is 294 g/mol. The summed E-state index contributed by atoms with van der Waals surface area (Å²) in [5.41, 5.74) is -0.0228. The lowest BCUT2D eigenvalue weighted by Gasteiger charge is -2.29. The molecule has 0 bridgehead atoms. The van der Waals surface area contributed by atoms with Gasteiger partial charge in [0.25, 0.3) is 11.5 Å². The van der Waals surface area contributed by atoms with Gasteiger partial charge in [-0.3, -0.25) is 14.4 Å². The van der Waals surface area contributed by atoms with E-state index < -0.39 is 17.9 Å². The van der Waals surface area contributed by atoms with Crippen molar-refractivity contribution in [1.82, 2.24) is 9.47 Å². The molecule has 7 nitrogen and oxygen atoms in total. The van der Waals surface area contributed by atoms with Gasteiger partial charge in [0.1, 0.15) is 5.92 Å². The standard InChI is InChI=1S/C14H18N2O5/c1-3-16(11-8-21-7-10(11)14(19)20)13(18)9-4-5-15(2)12(17)6-9/h4-6,10-11H,3,7-8H2,1-2H3,(H,19,20). The van der Waals surface area contributed by atoms with Gasteiger partial charge in [0.15, 0.2) is 0 Å². The topological polar surface area (TPSA) is 88.8 Å². The van der Waals surface area contributed by atoms with Crippen LogP contribution < -0.4 is 5.56 Å². The van der Waals surface area contributed by atoms with Gasteiger partial charge in [-0.2, -0.15) is 0 Å². The zero-order valence-electron chi connectivity index (χ0n) is 12.0. The fourth-order valence-electron chi connectivity index (χ4n) is 2.46. The number of likely N-dealkylation sites (N-methyl/N-ethyl adjacent to an activating group) is 1. The molecule has 1 aromatic heterocycles. The van der Waals surface area contributed by atoms with Gasteiger partial charge in [-0.1, -0.05) is 0 Å². The third-order valence-corrected chi connectivity index (χ3v) is 3.72. The molecule has 2 atom stereocenters. The molecule has 21 heavy (non-hydrogen) atoms. The van der Waals surface area contributed by atoms with Crippen LogP contribution in [0.4, 0.5) is 0 Å².